The van der Waals surface area contributed by atoms with Gasteiger partial charge in [-0.3, -0.25) is 9.59 Å². The number of hydrogen-bond acceptors (Lipinski definition) is 4. The van der Waals surface area contributed by atoms with Crippen LogP contribution in [0.1, 0.15) is 10.4 Å². The molecule has 1 aromatic rings. The van der Waals surface area contributed by atoms with E-state index in [9.17, 15) is 14.4 Å². The minimum absolute atomic E-state index is 0.00802. The Morgan fingerprint density at radius 1 is 1.53 bits per heavy atom. The summed E-state index contributed by atoms with van der Waals surface area (Å²) in [6.07, 6.45) is 0.602. The van der Waals surface area contributed by atoms with E-state index < -0.39 is 12.0 Å². The van der Waals surface area contributed by atoms with Crippen molar-refractivity contribution >= 4 is 12.0 Å². The number of ether oxygens (including phenoxy) is 1. The fraction of sp³-hybridized carbons (Fsp3) is 0.300. The number of hydrogen-bond donors (Lipinski definition) is 2. The van der Waals surface area contributed by atoms with Crippen LogP contribution in [-0.4, -0.2) is 29.7 Å². The van der Waals surface area contributed by atoms with Crippen LogP contribution < -0.4 is 16.6 Å². The Morgan fingerprint density at radius 3 is 2.82 bits per heavy atom. The number of aryl methyl sites for hydroxylation is 1. The van der Waals surface area contributed by atoms with E-state index in [0.717, 1.165) is 0 Å². The summed E-state index contributed by atoms with van der Waals surface area (Å²) in [5.41, 5.74) is 4.72. The molecule has 0 aliphatic heterocycles. The molecule has 0 atom stereocenters. The fourth-order valence-electron chi connectivity index (χ4n) is 1.11. The summed E-state index contributed by atoms with van der Waals surface area (Å²) in [4.78, 5) is 33.0. The molecule has 2 amide bonds. The molecule has 0 saturated carbocycles. The van der Waals surface area contributed by atoms with Crippen LogP contribution in [0.3, 0.4) is 0 Å². The predicted octanol–water partition coefficient (Wildman–Crippen LogP) is -0.790. The largest absolute Gasteiger partial charge is 0.448 e. The highest BCUT2D eigenvalue weighted by Crippen LogP contribution is 1.93. The molecular formula is C10H13N3O4. The Labute approximate surface area is 97.2 Å². The topological polar surface area (TPSA) is 103 Å². The first-order valence-electron chi connectivity index (χ1n) is 4.88. The first kappa shape index (κ1) is 12.8. The van der Waals surface area contributed by atoms with Crippen molar-refractivity contribution in [3.05, 3.63) is 34.2 Å². The van der Waals surface area contributed by atoms with Gasteiger partial charge in [-0.05, 0) is 6.07 Å². The van der Waals surface area contributed by atoms with Crippen LogP contribution in [-0.2, 0) is 11.8 Å². The minimum atomic E-state index is -0.896. The monoisotopic (exact) mass is 239 g/mol. The molecular weight excluding hydrogens is 226 g/mol. The highest BCUT2D eigenvalue weighted by molar-refractivity contribution is 5.93. The number of aromatic nitrogens is 1. The number of pyridine rings is 1. The lowest BCUT2D eigenvalue weighted by atomic mass is 10.2. The number of carbonyl (C=O) groups excluding carboxylic acids is 2. The van der Waals surface area contributed by atoms with Crippen molar-refractivity contribution in [2.45, 2.75) is 0 Å². The van der Waals surface area contributed by atoms with Gasteiger partial charge >= 0.3 is 6.09 Å². The van der Waals surface area contributed by atoms with Crippen molar-refractivity contribution in [1.82, 2.24) is 9.88 Å². The van der Waals surface area contributed by atoms with Gasteiger partial charge in [0.1, 0.15) is 6.61 Å². The lowest BCUT2D eigenvalue weighted by molar-refractivity contribution is 0.0936. The molecule has 3 N–H and O–H groups in total. The number of nitrogens with zero attached hydrogens (tertiary/aromatic N) is 1. The highest BCUT2D eigenvalue weighted by atomic mass is 16.5. The number of carbonyl (C=O) groups is 2. The number of nitrogens with one attached hydrogen (secondary N) is 1. The van der Waals surface area contributed by atoms with Gasteiger partial charge in [0.25, 0.3) is 11.5 Å². The van der Waals surface area contributed by atoms with Crippen molar-refractivity contribution in [1.29, 1.82) is 0 Å². The predicted molar refractivity (Wildman–Crippen MR) is 59.6 cm³/mol. The zero-order valence-corrected chi connectivity index (χ0v) is 9.30. The van der Waals surface area contributed by atoms with Gasteiger partial charge in [-0.1, -0.05) is 0 Å². The highest BCUT2D eigenvalue weighted by Gasteiger charge is 2.06. The van der Waals surface area contributed by atoms with Crippen molar-refractivity contribution < 1.29 is 14.3 Å². The zero-order chi connectivity index (χ0) is 12.8. The van der Waals surface area contributed by atoms with Crippen molar-refractivity contribution in [3.63, 3.8) is 0 Å². The smallest absolute Gasteiger partial charge is 0.404 e. The van der Waals surface area contributed by atoms with Crippen molar-refractivity contribution in [2.24, 2.45) is 12.8 Å². The summed E-state index contributed by atoms with van der Waals surface area (Å²) in [6, 6.07) is 2.75. The van der Waals surface area contributed by atoms with Crippen LogP contribution >= 0.6 is 0 Å². The normalized spacial score (nSPS) is 9.71. The molecule has 7 nitrogen and oxygen atoms in total. The van der Waals surface area contributed by atoms with E-state index >= 15 is 0 Å². The third-order valence-corrected chi connectivity index (χ3v) is 2.00. The SMILES string of the molecule is Cn1ccc(C(=O)NCCOC(N)=O)cc1=O. The first-order chi connectivity index (χ1) is 8.00. The van der Waals surface area contributed by atoms with E-state index in [-0.39, 0.29) is 24.3 Å². The maximum atomic E-state index is 11.5. The maximum absolute atomic E-state index is 11.5. The first-order valence-corrected chi connectivity index (χ1v) is 4.88. The van der Waals surface area contributed by atoms with Crippen molar-refractivity contribution in [2.75, 3.05) is 13.2 Å². The van der Waals surface area contributed by atoms with Crippen LogP contribution in [0.15, 0.2) is 23.1 Å². The second-order valence-corrected chi connectivity index (χ2v) is 3.29. The van der Waals surface area contributed by atoms with Crippen LogP contribution in [0.2, 0.25) is 0 Å². The molecule has 0 bridgehead atoms. The van der Waals surface area contributed by atoms with Gasteiger partial charge in [-0.2, -0.15) is 0 Å². The molecule has 0 unspecified atom stereocenters. The summed E-state index contributed by atoms with van der Waals surface area (Å²) < 4.78 is 5.78. The molecule has 0 radical (unpaired) electrons. The molecule has 0 aliphatic rings. The quantitative estimate of drug-likeness (QED) is 0.672. The summed E-state index contributed by atoms with van der Waals surface area (Å²) in [6.45, 7) is 0.128. The van der Waals surface area contributed by atoms with Gasteiger partial charge < -0.3 is 20.4 Å². The second kappa shape index (κ2) is 5.69. The Morgan fingerprint density at radius 2 is 2.24 bits per heavy atom. The molecule has 17 heavy (non-hydrogen) atoms. The number of amides is 2. The lowest BCUT2D eigenvalue weighted by Gasteiger charge is -2.05. The van der Waals surface area contributed by atoms with Crippen LogP contribution in [0, 0.1) is 0 Å². The summed E-state index contributed by atoms with van der Waals surface area (Å²) in [5.74, 6) is -0.407. The zero-order valence-electron chi connectivity index (χ0n) is 9.30. The lowest BCUT2D eigenvalue weighted by Crippen LogP contribution is -2.30. The summed E-state index contributed by atoms with van der Waals surface area (Å²) >= 11 is 0. The van der Waals surface area contributed by atoms with Gasteiger partial charge in [0, 0.05) is 24.9 Å². The minimum Gasteiger partial charge on any atom is -0.448 e. The molecule has 0 saturated heterocycles. The molecule has 0 fully saturated rings. The number of rotatable bonds is 4. The Balaban J connectivity index is 2.50. The molecule has 92 valence electrons. The Hall–Kier alpha value is -2.31. The van der Waals surface area contributed by atoms with Gasteiger partial charge in [-0.25, -0.2) is 4.79 Å². The molecule has 7 heteroatoms. The molecule has 1 heterocycles. The van der Waals surface area contributed by atoms with E-state index in [1.54, 1.807) is 7.05 Å². The van der Waals surface area contributed by atoms with E-state index in [1.807, 2.05) is 0 Å². The van der Waals surface area contributed by atoms with E-state index in [1.165, 1.54) is 22.9 Å². The third-order valence-electron chi connectivity index (χ3n) is 2.00. The second-order valence-electron chi connectivity index (χ2n) is 3.29. The summed E-state index contributed by atoms with van der Waals surface area (Å²) in [7, 11) is 1.59. The third kappa shape index (κ3) is 3.98. The summed E-state index contributed by atoms with van der Waals surface area (Å²) in [5, 5.41) is 2.48. The maximum Gasteiger partial charge on any atom is 0.404 e. The molecule has 1 rings (SSSR count). The molecule has 0 spiro atoms. The van der Waals surface area contributed by atoms with E-state index in [4.69, 9.17) is 5.73 Å². The average Bonchev–Trinajstić information content (AvgIpc) is 2.27. The van der Waals surface area contributed by atoms with Crippen LogP contribution in [0.5, 0.6) is 0 Å². The van der Waals surface area contributed by atoms with Crippen LogP contribution in [0.25, 0.3) is 0 Å². The molecule has 0 aliphatic carbocycles. The van der Waals surface area contributed by atoms with Crippen LogP contribution in [0.4, 0.5) is 4.79 Å². The number of primary amides is 1. The van der Waals surface area contributed by atoms with Gasteiger partial charge in [-0.15, -0.1) is 0 Å². The Bertz CT molecular complexity index is 481. The fourth-order valence-corrected chi connectivity index (χ4v) is 1.11. The standard InChI is InChI=1S/C10H13N3O4/c1-13-4-2-7(6-8(13)14)9(15)12-3-5-17-10(11)16/h2,4,6H,3,5H2,1H3,(H2,11,16)(H,12,15). The molecule has 0 aromatic carbocycles. The van der Waals surface area contributed by atoms with Gasteiger partial charge in [0.2, 0.25) is 0 Å². The van der Waals surface area contributed by atoms with Gasteiger partial charge in [0.05, 0.1) is 6.54 Å². The number of nitrogens with two attached hydrogens (primary N) is 1. The van der Waals surface area contributed by atoms with Crippen molar-refractivity contribution in [3.8, 4) is 0 Å². The van der Waals surface area contributed by atoms with E-state index in [2.05, 4.69) is 10.1 Å². The average molecular weight is 239 g/mol. The van der Waals surface area contributed by atoms with Gasteiger partial charge in [0.15, 0.2) is 0 Å². The Kier molecular flexibility index (Phi) is 4.27. The van der Waals surface area contributed by atoms with E-state index in [0.29, 0.717) is 0 Å². The molecule has 1 aromatic heterocycles.